The molecule has 116 valence electrons. The molecule has 1 aliphatic rings. The van der Waals surface area contributed by atoms with E-state index in [0.717, 1.165) is 36.1 Å². The van der Waals surface area contributed by atoms with E-state index in [1.807, 2.05) is 0 Å². The maximum absolute atomic E-state index is 13.0. The van der Waals surface area contributed by atoms with E-state index in [-0.39, 0.29) is 11.3 Å². The second-order valence-corrected chi connectivity index (χ2v) is 6.19. The van der Waals surface area contributed by atoms with Crippen LogP contribution in [0.5, 0.6) is 0 Å². The quantitative estimate of drug-likeness (QED) is 0.693. The summed E-state index contributed by atoms with van der Waals surface area (Å²) in [4.78, 5) is 22.9. The van der Waals surface area contributed by atoms with Crippen molar-refractivity contribution in [3.63, 3.8) is 0 Å². The van der Waals surface area contributed by atoms with Gasteiger partial charge < -0.3 is 4.98 Å². The molecule has 7 heteroatoms. The van der Waals surface area contributed by atoms with E-state index >= 15 is 0 Å². The number of fused-ring (bicyclic) bond motifs is 1. The molecule has 0 aliphatic heterocycles. The Hall–Kier alpha value is -1.76. The van der Waals surface area contributed by atoms with E-state index in [0.29, 0.717) is 16.5 Å². The lowest BCUT2D eigenvalue weighted by Crippen LogP contribution is -2.15. The molecule has 0 saturated carbocycles. The van der Waals surface area contributed by atoms with Gasteiger partial charge in [-0.1, -0.05) is 11.8 Å². The average molecular weight is 323 g/mol. The minimum atomic E-state index is -2.61. The Morgan fingerprint density at radius 3 is 3.00 bits per heavy atom. The number of alkyl halides is 2. The summed E-state index contributed by atoms with van der Waals surface area (Å²) >= 11 is 1.26. The van der Waals surface area contributed by atoms with Crippen molar-refractivity contribution in [2.45, 2.75) is 43.5 Å². The number of nitrogens with one attached hydrogen (secondary N) is 1. The van der Waals surface area contributed by atoms with Crippen LogP contribution in [0.1, 0.15) is 40.9 Å². The van der Waals surface area contributed by atoms with Gasteiger partial charge in [-0.3, -0.25) is 9.78 Å². The Balaban J connectivity index is 1.85. The van der Waals surface area contributed by atoms with Crippen LogP contribution in [0.3, 0.4) is 0 Å². The summed E-state index contributed by atoms with van der Waals surface area (Å²) in [6.45, 7) is 1.78. The molecule has 0 spiro atoms. The van der Waals surface area contributed by atoms with Crippen molar-refractivity contribution in [2.75, 3.05) is 0 Å². The normalized spacial score (nSPS) is 13.6. The maximum atomic E-state index is 13.0. The number of hydrogen-bond acceptors (Lipinski definition) is 4. The van der Waals surface area contributed by atoms with E-state index in [2.05, 4.69) is 15.0 Å². The fourth-order valence-electron chi connectivity index (χ4n) is 2.61. The predicted octanol–water partition coefficient (Wildman–Crippen LogP) is 3.19. The van der Waals surface area contributed by atoms with Crippen LogP contribution < -0.4 is 5.56 Å². The highest BCUT2D eigenvalue weighted by Gasteiger charge is 2.19. The largest absolute Gasteiger partial charge is 0.301 e. The Labute approximate surface area is 130 Å². The van der Waals surface area contributed by atoms with Gasteiger partial charge in [0, 0.05) is 17.5 Å². The van der Waals surface area contributed by atoms with Gasteiger partial charge in [-0.05, 0) is 43.4 Å². The summed E-state index contributed by atoms with van der Waals surface area (Å²) in [5.74, 6) is 0.307. The van der Waals surface area contributed by atoms with Crippen molar-refractivity contribution in [1.29, 1.82) is 0 Å². The van der Waals surface area contributed by atoms with Gasteiger partial charge in [0.1, 0.15) is 5.69 Å². The zero-order valence-electron chi connectivity index (χ0n) is 12.0. The molecule has 2 aromatic heterocycles. The molecular formula is C15H15F2N3OS. The molecular weight excluding hydrogens is 308 g/mol. The van der Waals surface area contributed by atoms with Crippen LogP contribution in [0.25, 0.3) is 0 Å². The molecule has 3 rings (SSSR count). The van der Waals surface area contributed by atoms with Crippen LogP contribution in [0.2, 0.25) is 0 Å². The minimum absolute atomic E-state index is 0.109. The zero-order chi connectivity index (χ0) is 15.7. The van der Waals surface area contributed by atoms with Gasteiger partial charge in [0.25, 0.3) is 12.0 Å². The number of aromatic amines is 1. The molecule has 4 nitrogen and oxygen atoms in total. The molecule has 1 aliphatic carbocycles. The van der Waals surface area contributed by atoms with Crippen LogP contribution in [-0.4, -0.2) is 15.0 Å². The van der Waals surface area contributed by atoms with Crippen molar-refractivity contribution in [2.24, 2.45) is 0 Å². The first kappa shape index (κ1) is 15.1. The number of thioether (sulfide) groups is 1. The summed E-state index contributed by atoms with van der Waals surface area (Å²) in [5, 5.41) is 0.481. The molecule has 0 aromatic carbocycles. The summed E-state index contributed by atoms with van der Waals surface area (Å²) in [7, 11) is 0. The van der Waals surface area contributed by atoms with E-state index in [4.69, 9.17) is 0 Å². The van der Waals surface area contributed by atoms with Gasteiger partial charge in [0.05, 0.1) is 5.69 Å². The number of H-pyrrole nitrogens is 1. The third-order valence-electron chi connectivity index (χ3n) is 3.80. The first-order valence-corrected chi connectivity index (χ1v) is 8.02. The van der Waals surface area contributed by atoms with E-state index < -0.39 is 6.43 Å². The van der Waals surface area contributed by atoms with E-state index in [1.165, 1.54) is 18.0 Å². The number of rotatable bonds is 4. The smallest absolute Gasteiger partial charge is 0.280 e. The molecule has 0 atom stereocenters. The lowest BCUT2D eigenvalue weighted by atomic mass is 10.1. The molecule has 2 aromatic rings. The summed E-state index contributed by atoms with van der Waals surface area (Å²) < 4.78 is 26.1. The molecule has 0 radical (unpaired) electrons. The van der Waals surface area contributed by atoms with Crippen molar-refractivity contribution in [3.8, 4) is 0 Å². The van der Waals surface area contributed by atoms with E-state index in [1.54, 1.807) is 13.0 Å². The molecule has 0 amide bonds. The van der Waals surface area contributed by atoms with Gasteiger partial charge in [0.15, 0.2) is 5.16 Å². The molecule has 1 N–H and O–H groups in total. The van der Waals surface area contributed by atoms with Crippen molar-refractivity contribution in [1.82, 2.24) is 15.0 Å². The Kier molecular flexibility index (Phi) is 4.24. The second kappa shape index (κ2) is 6.16. The Bertz CT molecular complexity index is 761. The molecule has 0 bridgehead atoms. The maximum Gasteiger partial charge on any atom is 0.280 e. The number of nitrogens with zero attached hydrogens (tertiary/aromatic N) is 2. The minimum Gasteiger partial charge on any atom is -0.301 e. The van der Waals surface area contributed by atoms with Gasteiger partial charge in [-0.2, -0.15) is 0 Å². The van der Waals surface area contributed by atoms with Gasteiger partial charge in [-0.15, -0.1) is 0 Å². The monoisotopic (exact) mass is 323 g/mol. The predicted molar refractivity (Wildman–Crippen MR) is 80.4 cm³/mol. The Morgan fingerprint density at radius 1 is 1.41 bits per heavy atom. The van der Waals surface area contributed by atoms with Crippen LogP contribution in [-0.2, 0) is 18.6 Å². The molecule has 0 unspecified atom stereocenters. The first-order valence-electron chi connectivity index (χ1n) is 7.03. The average Bonchev–Trinajstić information content (AvgIpc) is 2.94. The Morgan fingerprint density at radius 2 is 2.23 bits per heavy atom. The van der Waals surface area contributed by atoms with Gasteiger partial charge in [-0.25, -0.2) is 13.8 Å². The highest BCUT2D eigenvalue weighted by molar-refractivity contribution is 7.98. The highest BCUT2D eigenvalue weighted by atomic mass is 32.2. The second-order valence-electron chi connectivity index (χ2n) is 5.23. The SMILES string of the molecule is Cc1ccnc(C(F)F)c1CSc1nc2c(c(=O)[nH]1)CCC2. The van der Waals surface area contributed by atoms with E-state index in [9.17, 15) is 13.6 Å². The van der Waals surface area contributed by atoms with Gasteiger partial charge >= 0.3 is 0 Å². The summed E-state index contributed by atoms with van der Waals surface area (Å²) in [5.41, 5.74) is 2.56. The number of halogens is 2. The third-order valence-corrected chi connectivity index (χ3v) is 4.70. The summed E-state index contributed by atoms with van der Waals surface area (Å²) in [6.07, 6.45) is 1.29. The topological polar surface area (TPSA) is 58.6 Å². The number of hydrogen-bond donors (Lipinski definition) is 1. The fourth-order valence-corrected chi connectivity index (χ4v) is 3.61. The van der Waals surface area contributed by atoms with Gasteiger partial charge in [0.2, 0.25) is 0 Å². The molecule has 0 fully saturated rings. The van der Waals surface area contributed by atoms with Crippen molar-refractivity contribution in [3.05, 3.63) is 50.7 Å². The molecule has 22 heavy (non-hydrogen) atoms. The van der Waals surface area contributed by atoms with Crippen LogP contribution in [0, 0.1) is 6.92 Å². The van der Waals surface area contributed by atoms with Crippen molar-refractivity contribution < 1.29 is 8.78 Å². The molecule has 0 saturated heterocycles. The third kappa shape index (κ3) is 2.90. The van der Waals surface area contributed by atoms with Crippen molar-refractivity contribution >= 4 is 11.8 Å². The number of aromatic nitrogens is 3. The van der Waals surface area contributed by atoms with Crippen LogP contribution in [0.4, 0.5) is 8.78 Å². The lowest BCUT2D eigenvalue weighted by Gasteiger charge is -2.10. The number of pyridine rings is 1. The standard InChI is InChI=1S/C15H15F2N3OS/c1-8-5-6-18-12(13(16)17)10(8)7-22-15-19-11-4-2-3-9(11)14(21)20-15/h5-6,13H,2-4,7H2,1H3,(H,19,20,21). The highest BCUT2D eigenvalue weighted by Crippen LogP contribution is 2.29. The lowest BCUT2D eigenvalue weighted by molar-refractivity contribution is 0.145. The summed E-state index contributed by atoms with van der Waals surface area (Å²) in [6, 6.07) is 1.71. The van der Waals surface area contributed by atoms with Crippen LogP contribution >= 0.6 is 11.8 Å². The first-order chi connectivity index (χ1) is 10.6. The van der Waals surface area contributed by atoms with Crippen LogP contribution in [0.15, 0.2) is 22.2 Å². The number of aryl methyl sites for hydroxylation is 2. The molecule has 2 heterocycles. The fraction of sp³-hybridized carbons (Fsp3) is 0.400. The zero-order valence-corrected chi connectivity index (χ0v) is 12.8.